The van der Waals surface area contributed by atoms with Crippen LogP contribution in [-0.2, 0) is 43.0 Å². The number of benzene rings is 3. The minimum atomic E-state index is -1.10. The predicted molar refractivity (Wildman–Crippen MR) is 93.1 cm³/mol. The van der Waals surface area contributed by atoms with Crippen LogP contribution in [0, 0.1) is 12.1 Å². The van der Waals surface area contributed by atoms with Gasteiger partial charge in [-0.15, -0.1) is 11.1 Å². The van der Waals surface area contributed by atoms with Gasteiger partial charge in [0, 0.05) is 54.0 Å². The molecule has 4 rings (SSSR count). The first-order valence-electron chi connectivity index (χ1n) is 7.49. The summed E-state index contributed by atoms with van der Waals surface area (Å²) in [4.78, 5) is 12.5. The van der Waals surface area contributed by atoms with Gasteiger partial charge >= 0.3 is 5.97 Å². The average Bonchev–Trinajstić information content (AvgIpc) is 2.91. The van der Waals surface area contributed by atoms with Gasteiger partial charge in [-0.3, -0.25) is 0 Å². The molecule has 0 saturated carbocycles. The van der Waals surface area contributed by atoms with Gasteiger partial charge in [0.05, 0.1) is 5.56 Å². The predicted octanol–water partition coefficient (Wildman–Crippen LogP) is 1.33. The number of esters is 1. The fraction of sp³-hybridized carbons (Fsp3) is 0.0500. The summed E-state index contributed by atoms with van der Waals surface area (Å²) in [6.45, 7) is 0. The van der Waals surface area contributed by atoms with E-state index in [-0.39, 0.29) is 38.7 Å². The van der Waals surface area contributed by atoms with Crippen molar-refractivity contribution in [3.05, 3.63) is 95.1 Å². The topological polar surface area (TPSA) is 26.3 Å². The monoisotopic (exact) mass is 393 g/mol. The SMILES string of the molecule is [B]c1c[c-]c(C2(c3[c-]cc([B])cc3)OC(=O)c3ccccc32)cc1.[Y]. The summed E-state index contributed by atoms with van der Waals surface area (Å²) in [5, 5.41) is 0. The molecule has 0 saturated heterocycles. The second kappa shape index (κ2) is 6.94. The van der Waals surface area contributed by atoms with Crippen molar-refractivity contribution < 1.29 is 42.2 Å². The zero-order valence-corrected chi connectivity index (χ0v) is 16.2. The van der Waals surface area contributed by atoms with E-state index in [1.54, 1.807) is 30.3 Å². The van der Waals surface area contributed by atoms with Gasteiger partial charge in [-0.2, -0.15) is 59.5 Å². The fourth-order valence-corrected chi connectivity index (χ4v) is 3.07. The van der Waals surface area contributed by atoms with Crippen LogP contribution in [0.25, 0.3) is 0 Å². The summed E-state index contributed by atoms with van der Waals surface area (Å²) in [6.07, 6.45) is 0. The number of hydrogen-bond donors (Lipinski definition) is 0. The van der Waals surface area contributed by atoms with Crippen LogP contribution in [0.1, 0.15) is 27.0 Å². The second-order valence-corrected chi connectivity index (χ2v) is 5.69. The van der Waals surface area contributed by atoms with Crippen molar-refractivity contribution >= 4 is 32.6 Å². The van der Waals surface area contributed by atoms with Crippen molar-refractivity contribution in [2.24, 2.45) is 0 Å². The minimum Gasteiger partial charge on any atom is -0.445 e. The first kappa shape index (κ1) is 18.2. The molecule has 1 aliphatic heterocycles. The summed E-state index contributed by atoms with van der Waals surface area (Å²) < 4.78 is 5.89. The molecule has 3 aromatic carbocycles. The molecule has 0 spiro atoms. The Morgan fingerprint density at radius 2 is 1.40 bits per heavy atom. The van der Waals surface area contributed by atoms with Crippen LogP contribution in [0.2, 0.25) is 0 Å². The van der Waals surface area contributed by atoms with Gasteiger partial charge in [0.15, 0.2) is 0 Å². The van der Waals surface area contributed by atoms with Crippen LogP contribution in [0.3, 0.4) is 0 Å². The third kappa shape index (κ3) is 2.92. The molecular formula is C20H10B2O2Y-2. The second-order valence-electron chi connectivity index (χ2n) is 5.69. The first-order chi connectivity index (χ1) is 11.6. The normalized spacial score (nSPS) is 14.3. The van der Waals surface area contributed by atoms with E-state index in [1.807, 2.05) is 30.3 Å². The zero-order valence-electron chi connectivity index (χ0n) is 13.3. The molecule has 0 atom stereocenters. The molecule has 0 amide bonds. The van der Waals surface area contributed by atoms with Gasteiger partial charge < -0.3 is 4.74 Å². The third-order valence-corrected chi connectivity index (χ3v) is 4.20. The van der Waals surface area contributed by atoms with Crippen molar-refractivity contribution in [1.82, 2.24) is 0 Å². The number of carbonyl (C=O) groups excluding carboxylic acids is 1. The molecule has 5 heteroatoms. The Morgan fingerprint density at radius 3 is 1.92 bits per heavy atom. The molecule has 0 fully saturated rings. The number of fused-ring (bicyclic) bond motifs is 1. The Hall–Kier alpha value is -1.64. The summed E-state index contributed by atoms with van der Waals surface area (Å²) >= 11 is 0. The number of carbonyl (C=O) groups is 1. The molecule has 0 bridgehead atoms. The van der Waals surface area contributed by atoms with Gasteiger partial charge in [0.1, 0.15) is 5.60 Å². The standard InChI is InChI=1S/C20H10B2O2.Y/c21-15-9-5-13(6-10-15)20(14-7-11-16(22)12-8-14)18-4-2-1-3-17(18)19(23)24-20;/h1-5,7,9-12H;/q-2;. The van der Waals surface area contributed by atoms with Gasteiger partial charge in [0.25, 0.3) is 0 Å². The molecule has 3 aromatic rings. The van der Waals surface area contributed by atoms with Gasteiger partial charge in [0.2, 0.25) is 0 Å². The van der Waals surface area contributed by atoms with Gasteiger partial charge in [-0.1, -0.05) is 18.2 Å². The Labute approximate surface area is 174 Å². The summed E-state index contributed by atoms with van der Waals surface area (Å²) in [6, 6.07) is 24.1. The van der Waals surface area contributed by atoms with E-state index in [2.05, 4.69) is 12.1 Å². The molecule has 2 nitrogen and oxygen atoms in total. The maximum atomic E-state index is 12.5. The smallest absolute Gasteiger partial charge is 0.340 e. The number of ether oxygens (including phenoxy) is 1. The van der Waals surface area contributed by atoms with E-state index in [9.17, 15) is 4.79 Å². The van der Waals surface area contributed by atoms with E-state index < -0.39 is 5.60 Å². The van der Waals surface area contributed by atoms with Crippen LogP contribution >= 0.6 is 0 Å². The van der Waals surface area contributed by atoms with Crippen molar-refractivity contribution in [1.29, 1.82) is 0 Å². The summed E-state index contributed by atoms with van der Waals surface area (Å²) in [7, 11) is 11.6. The first-order valence-corrected chi connectivity index (χ1v) is 7.49. The number of rotatable bonds is 2. The van der Waals surface area contributed by atoms with E-state index in [4.69, 9.17) is 20.4 Å². The molecule has 1 aliphatic rings. The van der Waals surface area contributed by atoms with Gasteiger partial charge in [-0.25, -0.2) is 4.79 Å². The minimum absolute atomic E-state index is 0. The summed E-state index contributed by atoms with van der Waals surface area (Å²) in [5.74, 6) is -0.374. The number of hydrogen-bond acceptors (Lipinski definition) is 2. The van der Waals surface area contributed by atoms with Crippen molar-refractivity contribution in [3.63, 3.8) is 0 Å². The van der Waals surface area contributed by atoms with Crippen molar-refractivity contribution in [2.45, 2.75) is 5.60 Å². The Kier molecular flexibility index (Phi) is 5.04. The van der Waals surface area contributed by atoms with Crippen LogP contribution in [-0.4, -0.2) is 21.7 Å². The maximum Gasteiger partial charge on any atom is 0.340 e. The van der Waals surface area contributed by atoms with Crippen LogP contribution in [0.15, 0.2) is 60.7 Å². The molecule has 0 unspecified atom stereocenters. The average molecular weight is 393 g/mol. The summed E-state index contributed by atoms with van der Waals surface area (Å²) in [5.41, 5.74) is 2.76. The van der Waals surface area contributed by atoms with Crippen LogP contribution in [0.5, 0.6) is 0 Å². The maximum absolute atomic E-state index is 12.5. The Balaban J connectivity index is 0.00000182. The van der Waals surface area contributed by atoms with Gasteiger partial charge in [-0.05, 0) is 6.07 Å². The molecule has 0 N–H and O–H groups in total. The van der Waals surface area contributed by atoms with Crippen LogP contribution < -0.4 is 10.9 Å². The van der Waals surface area contributed by atoms with E-state index >= 15 is 0 Å². The largest absolute Gasteiger partial charge is 0.445 e. The molecule has 1 heterocycles. The van der Waals surface area contributed by atoms with Crippen LogP contribution in [0.4, 0.5) is 0 Å². The molecular weight excluding hydrogens is 383 g/mol. The third-order valence-electron chi connectivity index (χ3n) is 4.20. The zero-order chi connectivity index (χ0) is 16.7. The number of cyclic esters (lactones) is 1. The van der Waals surface area contributed by atoms with Crippen molar-refractivity contribution in [2.75, 3.05) is 0 Å². The molecule has 113 valence electrons. The fourth-order valence-electron chi connectivity index (χ4n) is 3.07. The molecule has 25 heavy (non-hydrogen) atoms. The van der Waals surface area contributed by atoms with E-state index in [0.29, 0.717) is 27.6 Å². The van der Waals surface area contributed by atoms with Crippen molar-refractivity contribution in [3.8, 4) is 0 Å². The Bertz CT molecular complexity index is 876. The quantitative estimate of drug-likeness (QED) is 0.374. The Morgan fingerprint density at radius 1 is 0.840 bits per heavy atom. The van der Waals surface area contributed by atoms with E-state index in [0.717, 1.165) is 5.56 Å². The molecule has 0 aliphatic carbocycles. The molecule has 0 aromatic heterocycles. The molecule has 5 radical (unpaired) electrons. The van der Waals surface area contributed by atoms with E-state index in [1.165, 1.54) is 0 Å².